The van der Waals surface area contributed by atoms with Crippen LogP contribution in [0, 0.1) is 5.41 Å². The fourth-order valence-electron chi connectivity index (χ4n) is 3.47. The van der Waals surface area contributed by atoms with Crippen LogP contribution in [0.1, 0.15) is 29.6 Å². The molecule has 1 spiro atoms. The van der Waals surface area contributed by atoms with Gasteiger partial charge in [-0.25, -0.2) is 0 Å². The first-order valence-electron chi connectivity index (χ1n) is 7.37. The first kappa shape index (κ1) is 16.1. The summed E-state index contributed by atoms with van der Waals surface area (Å²) in [5.41, 5.74) is 1.03. The highest BCUT2D eigenvalue weighted by Crippen LogP contribution is 2.39. The largest absolute Gasteiger partial charge is 0.496 e. The van der Waals surface area contributed by atoms with Gasteiger partial charge in [-0.2, -0.15) is 0 Å². The molecule has 0 atom stereocenters. The number of methoxy groups -OCH3 is 1. The number of amides is 1. The van der Waals surface area contributed by atoms with E-state index in [9.17, 15) is 4.79 Å². The fraction of sp³-hybridized carbons (Fsp3) is 0.562. The maximum Gasteiger partial charge on any atom is 0.257 e. The van der Waals surface area contributed by atoms with Crippen molar-refractivity contribution in [2.75, 3.05) is 33.3 Å². The summed E-state index contributed by atoms with van der Waals surface area (Å²) in [7, 11) is 1.62. The lowest BCUT2D eigenvalue weighted by Gasteiger charge is -2.33. The number of benzene rings is 1. The molecule has 0 aromatic heterocycles. The summed E-state index contributed by atoms with van der Waals surface area (Å²) in [6, 6.07) is 7.50. The van der Waals surface area contributed by atoms with Gasteiger partial charge in [-0.05, 0) is 49.9 Å². The normalized spacial score (nSPS) is 20.1. The molecule has 1 aromatic carbocycles. The molecule has 4 nitrogen and oxygen atoms in total. The second-order valence-electron chi connectivity index (χ2n) is 5.93. The molecular weight excluding hydrogens is 288 g/mol. The Morgan fingerprint density at radius 3 is 2.67 bits per heavy atom. The van der Waals surface area contributed by atoms with E-state index >= 15 is 0 Å². The molecule has 1 aromatic rings. The molecule has 2 heterocycles. The second-order valence-corrected chi connectivity index (χ2v) is 5.93. The average molecular weight is 311 g/mol. The minimum atomic E-state index is 0. The van der Waals surface area contributed by atoms with Crippen LogP contribution in [-0.4, -0.2) is 44.1 Å². The number of carbonyl (C=O) groups excluding carboxylic acids is 1. The predicted molar refractivity (Wildman–Crippen MR) is 85.3 cm³/mol. The van der Waals surface area contributed by atoms with Crippen molar-refractivity contribution >= 4 is 18.3 Å². The molecule has 2 fully saturated rings. The molecule has 0 aliphatic carbocycles. The molecule has 3 rings (SSSR count). The topological polar surface area (TPSA) is 41.6 Å². The zero-order chi connectivity index (χ0) is 14.0. The third-order valence-electron chi connectivity index (χ3n) is 4.73. The molecule has 0 unspecified atom stereocenters. The maximum absolute atomic E-state index is 12.7. The molecule has 2 aliphatic rings. The Balaban J connectivity index is 0.00000161. The molecule has 1 amide bonds. The standard InChI is InChI=1S/C16H22N2O2.ClH/c1-20-14-5-3-2-4-13(14)15(19)18-11-8-16(12-18)6-9-17-10-7-16;/h2-5,17H,6-12H2,1H3;1H. The van der Waals surface area contributed by atoms with E-state index in [1.165, 1.54) is 12.8 Å². The van der Waals surface area contributed by atoms with Crippen LogP contribution >= 0.6 is 12.4 Å². The Hall–Kier alpha value is -1.26. The molecule has 2 aliphatic heterocycles. The van der Waals surface area contributed by atoms with E-state index < -0.39 is 0 Å². The quantitative estimate of drug-likeness (QED) is 0.911. The number of carbonyl (C=O) groups is 1. The smallest absolute Gasteiger partial charge is 0.257 e. The SMILES string of the molecule is COc1ccccc1C(=O)N1CCC2(CCNCC2)C1.Cl. The van der Waals surface area contributed by atoms with Gasteiger partial charge in [0.05, 0.1) is 12.7 Å². The Kier molecular flexibility index (Phi) is 5.12. The molecule has 0 saturated carbocycles. The molecule has 116 valence electrons. The van der Waals surface area contributed by atoms with Crippen molar-refractivity contribution in [1.82, 2.24) is 10.2 Å². The monoisotopic (exact) mass is 310 g/mol. The van der Waals surface area contributed by atoms with Crippen LogP contribution in [0.4, 0.5) is 0 Å². The Labute approximate surface area is 132 Å². The Morgan fingerprint density at radius 2 is 1.95 bits per heavy atom. The number of halogens is 1. The highest BCUT2D eigenvalue weighted by Gasteiger charge is 2.40. The summed E-state index contributed by atoms with van der Waals surface area (Å²) in [6.07, 6.45) is 3.50. The van der Waals surface area contributed by atoms with Gasteiger partial charge in [0.15, 0.2) is 0 Å². The van der Waals surface area contributed by atoms with Crippen LogP contribution in [0.25, 0.3) is 0 Å². The molecular formula is C16H23ClN2O2. The van der Waals surface area contributed by atoms with Gasteiger partial charge < -0.3 is 15.0 Å². The summed E-state index contributed by atoms with van der Waals surface area (Å²) >= 11 is 0. The number of likely N-dealkylation sites (tertiary alicyclic amines) is 1. The molecule has 5 heteroatoms. The number of ether oxygens (including phenoxy) is 1. The summed E-state index contributed by atoms with van der Waals surface area (Å²) < 4.78 is 5.31. The van der Waals surface area contributed by atoms with Crippen molar-refractivity contribution in [2.24, 2.45) is 5.41 Å². The zero-order valence-corrected chi connectivity index (χ0v) is 13.2. The van der Waals surface area contributed by atoms with Gasteiger partial charge in [0.1, 0.15) is 5.75 Å². The van der Waals surface area contributed by atoms with Gasteiger partial charge >= 0.3 is 0 Å². The number of hydrogen-bond donors (Lipinski definition) is 1. The van der Waals surface area contributed by atoms with Crippen LogP contribution in [0.15, 0.2) is 24.3 Å². The number of nitrogens with one attached hydrogen (secondary N) is 1. The van der Waals surface area contributed by atoms with Gasteiger partial charge in [-0.3, -0.25) is 4.79 Å². The van der Waals surface area contributed by atoms with Gasteiger partial charge in [0.25, 0.3) is 5.91 Å². The summed E-state index contributed by atoms with van der Waals surface area (Å²) in [5, 5.41) is 3.41. The fourth-order valence-corrected chi connectivity index (χ4v) is 3.47. The van der Waals surface area contributed by atoms with Crippen LogP contribution in [-0.2, 0) is 0 Å². The van der Waals surface area contributed by atoms with Crippen LogP contribution < -0.4 is 10.1 Å². The molecule has 21 heavy (non-hydrogen) atoms. The lowest BCUT2D eigenvalue weighted by atomic mass is 9.78. The first-order valence-corrected chi connectivity index (χ1v) is 7.37. The average Bonchev–Trinajstić information content (AvgIpc) is 2.91. The van der Waals surface area contributed by atoms with Gasteiger partial charge in [0.2, 0.25) is 0 Å². The number of hydrogen-bond acceptors (Lipinski definition) is 3. The number of para-hydroxylation sites is 1. The number of piperidine rings is 1. The van der Waals surface area contributed by atoms with Crippen LogP contribution in [0.5, 0.6) is 5.75 Å². The van der Waals surface area contributed by atoms with Crippen LogP contribution in [0.3, 0.4) is 0 Å². The molecule has 1 N–H and O–H groups in total. The lowest BCUT2D eigenvalue weighted by Crippen LogP contribution is -2.39. The summed E-state index contributed by atoms with van der Waals surface area (Å²) in [6.45, 7) is 3.93. The van der Waals surface area contributed by atoms with E-state index in [2.05, 4.69) is 5.32 Å². The molecule has 0 bridgehead atoms. The number of nitrogens with zero attached hydrogens (tertiary/aromatic N) is 1. The van der Waals surface area contributed by atoms with Gasteiger partial charge in [-0.1, -0.05) is 12.1 Å². The van der Waals surface area contributed by atoms with Gasteiger partial charge in [-0.15, -0.1) is 12.4 Å². The van der Waals surface area contributed by atoms with Crippen molar-refractivity contribution < 1.29 is 9.53 Å². The van der Waals surface area contributed by atoms with E-state index in [1.54, 1.807) is 7.11 Å². The highest BCUT2D eigenvalue weighted by molar-refractivity contribution is 5.97. The third kappa shape index (κ3) is 3.16. The summed E-state index contributed by atoms with van der Waals surface area (Å²) in [4.78, 5) is 14.7. The molecule has 2 saturated heterocycles. The Bertz CT molecular complexity index is 501. The van der Waals surface area contributed by atoms with Crippen molar-refractivity contribution in [2.45, 2.75) is 19.3 Å². The minimum Gasteiger partial charge on any atom is -0.496 e. The minimum absolute atomic E-state index is 0. The van der Waals surface area contributed by atoms with Crippen molar-refractivity contribution in [1.29, 1.82) is 0 Å². The van der Waals surface area contributed by atoms with E-state index in [0.29, 0.717) is 16.7 Å². The Morgan fingerprint density at radius 1 is 1.24 bits per heavy atom. The van der Waals surface area contributed by atoms with Gasteiger partial charge in [0, 0.05) is 13.1 Å². The highest BCUT2D eigenvalue weighted by atomic mass is 35.5. The second kappa shape index (κ2) is 6.67. The van der Waals surface area contributed by atoms with Crippen molar-refractivity contribution in [3.8, 4) is 5.75 Å². The van der Waals surface area contributed by atoms with E-state index in [0.717, 1.165) is 32.6 Å². The van der Waals surface area contributed by atoms with Crippen molar-refractivity contribution in [3.63, 3.8) is 0 Å². The molecule has 0 radical (unpaired) electrons. The van der Waals surface area contributed by atoms with Crippen molar-refractivity contribution in [3.05, 3.63) is 29.8 Å². The van der Waals surface area contributed by atoms with E-state index in [4.69, 9.17) is 4.74 Å². The maximum atomic E-state index is 12.7. The van der Waals surface area contributed by atoms with Crippen LogP contribution in [0.2, 0.25) is 0 Å². The zero-order valence-electron chi connectivity index (χ0n) is 12.4. The van der Waals surface area contributed by atoms with E-state index in [-0.39, 0.29) is 18.3 Å². The lowest BCUT2D eigenvalue weighted by molar-refractivity contribution is 0.0758. The number of rotatable bonds is 2. The predicted octanol–water partition coefficient (Wildman–Crippen LogP) is 2.33. The first-order chi connectivity index (χ1) is 9.74. The third-order valence-corrected chi connectivity index (χ3v) is 4.73. The summed E-state index contributed by atoms with van der Waals surface area (Å²) in [5.74, 6) is 0.779. The van der Waals surface area contributed by atoms with E-state index in [1.807, 2.05) is 29.2 Å².